The SMILES string of the molecule is COC1(C(Cc2ccc(Cl)cc2F)NN)CCCCC1. The summed E-state index contributed by atoms with van der Waals surface area (Å²) in [5, 5.41) is 0.405. The third kappa shape index (κ3) is 3.31. The van der Waals surface area contributed by atoms with E-state index >= 15 is 0 Å². The van der Waals surface area contributed by atoms with Gasteiger partial charge in [-0.1, -0.05) is 36.9 Å². The first-order chi connectivity index (χ1) is 9.61. The summed E-state index contributed by atoms with van der Waals surface area (Å²) in [5.41, 5.74) is 3.13. The van der Waals surface area contributed by atoms with Crippen LogP contribution in [0.15, 0.2) is 18.2 Å². The molecule has 0 spiro atoms. The largest absolute Gasteiger partial charge is 0.377 e. The second-order valence-electron chi connectivity index (χ2n) is 5.49. The molecule has 1 atom stereocenters. The third-order valence-corrected chi connectivity index (χ3v) is 4.62. The normalized spacial score (nSPS) is 19.8. The zero-order valence-electron chi connectivity index (χ0n) is 11.8. The summed E-state index contributed by atoms with van der Waals surface area (Å²) in [5.74, 6) is 5.42. The first-order valence-corrected chi connectivity index (χ1v) is 7.44. The number of nitrogens with one attached hydrogen (secondary N) is 1. The van der Waals surface area contributed by atoms with Gasteiger partial charge in [0, 0.05) is 12.1 Å². The molecule has 1 unspecified atom stereocenters. The maximum Gasteiger partial charge on any atom is 0.127 e. The lowest BCUT2D eigenvalue weighted by molar-refractivity contribution is -0.0675. The smallest absolute Gasteiger partial charge is 0.127 e. The summed E-state index contributed by atoms with van der Waals surface area (Å²) in [7, 11) is 1.72. The number of benzene rings is 1. The van der Waals surface area contributed by atoms with Crippen LogP contribution in [-0.4, -0.2) is 18.8 Å². The van der Waals surface area contributed by atoms with Gasteiger partial charge in [-0.3, -0.25) is 11.3 Å². The average Bonchev–Trinajstić information content (AvgIpc) is 2.47. The van der Waals surface area contributed by atoms with Gasteiger partial charge in [0.15, 0.2) is 0 Å². The monoisotopic (exact) mass is 300 g/mol. The minimum atomic E-state index is -0.306. The molecule has 0 saturated heterocycles. The zero-order chi connectivity index (χ0) is 14.6. The van der Waals surface area contributed by atoms with Crippen LogP contribution in [0.2, 0.25) is 5.02 Å². The molecule has 0 amide bonds. The highest BCUT2D eigenvalue weighted by molar-refractivity contribution is 6.30. The minimum absolute atomic E-state index is 0.108. The van der Waals surface area contributed by atoms with E-state index in [4.69, 9.17) is 22.2 Å². The third-order valence-electron chi connectivity index (χ3n) is 4.38. The average molecular weight is 301 g/mol. The van der Waals surface area contributed by atoms with E-state index in [9.17, 15) is 4.39 Å². The topological polar surface area (TPSA) is 47.3 Å². The summed E-state index contributed by atoms with van der Waals surface area (Å²) >= 11 is 5.79. The molecular weight excluding hydrogens is 279 g/mol. The van der Waals surface area contributed by atoms with E-state index in [1.165, 1.54) is 12.5 Å². The van der Waals surface area contributed by atoms with Crippen LogP contribution in [0.4, 0.5) is 4.39 Å². The van der Waals surface area contributed by atoms with Crippen molar-refractivity contribution in [2.24, 2.45) is 5.84 Å². The molecular formula is C15H22ClFN2O. The van der Waals surface area contributed by atoms with Crippen LogP contribution in [0.3, 0.4) is 0 Å². The summed E-state index contributed by atoms with van der Waals surface area (Å²) in [4.78, 5) is 0. The van der Waals surface area contributed by atoms with Crippen LogP contribution >= 0.6 is 11.6 Å². The van der Waals surface area contributed by atoms with Crippen molar-refractivity contribution in [2.45, 2.75) is 50.2 Å². The van der Waals surface area contributed by atoms with Gasteiger partial charge in [-0.2, -0.15) is 0 Å². The molecule has 1 fully saturated rings. The minimum Gasteiger partial charge on any atom is -0.377 e. The molecule has 2 rings (SSSR count). The maximum atomic E-state index is 13.9. The zero-order valence-corrected chi connectivity index (χ0v) is 12.5. The van der Waals surface area contributed by atoms with Crippen molar-refractivity contribution in [1.29, 1.82) is 0 Å². The Balaban J connectivity index is 2.18. The van der Waals surface area contributed by atoms with Crippen LogP contribution in [0.25, 0.3) is 0 Å². The number of methoxy groups -OCH3 is 1. The Hall–Kier alpha value is -0.680. The van der Waals surface area contributed by atoms with Gasteiger partial charge >= 0.3 is 0 Å². The van der Waals surface area contributed by atoms with E-state index in [0.29, 0.717) is 17.0 Å². The van der Waals surface area contributed by atoms with E-state index < -0.39 is 0 Å². The first kappa shape index (κ1) is 15.7. The summed E-state index contributed by atoms with van der Waals surface area (Å²) < 4.78 is 19.7. The molecule has 1 aromatic carbocycles. The van der Waals surface area contributed by atoms with Gasteiger partial charge in [0.2, 0.25) is 0 Å². The number of hydrogen-bond acceptors (Lipinski definition) is 3. The van der Waals surface area contributed by atoms with E-state index in [-0.39, 0.29) is 17.5 Å². The Labute approximate surface area is 124 Å². The van der Waals surface area contributed by atoms with E-state index in [0.717, 1.165) is 25.7 Å². The van der Waals surface area contributed by atoms with Gasteiger partial charge in [0.1, 0.15) is 5.82 Å². The van der Waals surface area contributed by atoms with Crippen molar-refractivity contribution < 1.29 is 9.13 Å². The lowest BCUT2D eigenvalue weighted by Gasteiger charge is -2.42. The van der Waals surface area contributed by atoms with Crippen LogP contribution in [-0.2, 0) is 11.2 Å². The Bertz CT molecular complexity index is 449. The second kappa shape index (κ2) is 6.85. The molecule has 1 aliphatic carbocycles. The molecule has 3 nitrogen and oxygen atoms in total. The molecule has 5 heteroatoms. The van der Waals surface area contributed by atoms with Gasteiger partial charge in [0.05, 0.1) is 11.6 Å². The lowest BCUT2D eigenvalue weighted by Crippen LogP contribution is -2.56. The molecule has 0 heterocycles. The quantitative estimate of drug-likeness (QED) is 0.648. The molecule has 1 aromatic rings. The summed E-state index contributed by atoms with van der Waals surface area (Å²) in [6.45, 7) is 0. The van der Waals surface area contributed by atoms with E-state index in [1.807, 2.05) is 0 Å². The van der Waals surface area contributed by atoms with Crippen molar-refractivity contribution in [3.05, 3.63) is 34.6 Å². The Morgan fingerprint density at radius 2 is 2.10 bits per heavy atom. The Kier molecular flexibility index (Phi) is 5.38. The van der Waals surface area contributed by atoms with Crippen molar-refractivity contribution >= 4 is 11.6 Å². The van der Waals surface area contributed by atoms with Crippen LogP contribution in [0.1, 0.15) is 37.7 Å². The molecule has 0 aliphatic heterocycles. The molecule has 1 saturated carbocycles. The lowest BCUT2D eigenvalue weighted by atomic mass is 9.77. The van der Waals surface area contributed by atoms with Gasteiger partial charge in [0.25, 0.3) is 0 Å². The summed E-state index contributed by atoms with van der Waals surface area (Å²) in [6.07, 6.45) is 5.86. The Morgan fingerprint density at radius 1 is 1.40 bits per heavy atom. The van der Waals surface area contributed by atoms with Gasteiger partial charge in [-0.15, -0.1) is 0 Å². The number of halogens is 2. The van der Waals surface area contributed by atoms with E-state index in [1.54, 1.807) is 19.2 Å². The number of rotatable bonds is 5. The van der Waals surface area contributed by atoms with Crippen molar-refractivity contribution in [2.75, 3.05) is 7.11 Å². The fourth-order valence-corrected chi connectivity index (χ4v) is 3.31. The molecule has 0 aromatic heterocycles. The van der Waals surface area contributed by atoms with Crippen LogP contribution < -0.4 is 11.3 Å². The predicted octanol–water partition coefficient (Wildman–Crippen LogP) is 3.20. The molecule has 3 N–H and O–H groups in total. The second-order valence-corrected chi connectivity index (χ2v) is 5.93. The Morgan fingerprint density at radius 3 is 2.65 bits per heavy atom. The molecule has 112 valence electrons. The van der Waals surface area contributed by atoms with Gasteiger partial charge < -0.3 is 4.74 Å². The fraction of sp³-hybridized carbons (Fsp3) is 0.600. The maximum absolute atomic E-state index is 13.9. The van der Waals surface area contributed by atoms with E-state index in [2.05, 4.69) is 5.43 Å². The highest BCUT2D eigenvalue weighted by Gasteiger charge is 2.39. The molecule has 0 bridgehead atoms. The molecule has 0 radical (unpaired) electrons. The van der Waals surface area contributed by atoms with Crippen LogP contribution in [0.5, 0.6) is 0 Å². The summed E-state index contributed by atoms with van der Waals surface area (Å²) in [6, 6.07) is 4.65. The van der Waals surface area contributed by atoms with Crippen molar-refractivity contribution in [3.63, 3.8) is 0 Å². The fourth-order valence-electron chi connectivity index (χ4n) is 3.15. The predicted molar refractivity (Wildman–Crippen MR) is 79.1 cm³/mol. The molecule has 1 aliphatic rings. The molecule has 20 heavy (non-hydrogen) atoms. The standard InChI is InChI=1S/C15H22ClFN2O/c1-20-15(7-3-2-4-8-15)14(19-18)9-11-5-6-12(16)10-13(11)17/h5-6,10,14,19H,2-4,7-9,18H2,1H3. The number of hydrogen-bond donors (Lipinski definition) is 2. The van der Waals surface area contributed by atoms with Crippen LogP contribution in [0, 0.1) is 5.82 Å². The van der Waals surface area contributed by atoms with Crippen molar-refractivity contribution in [3.8, 4) is 0 Å². The number of hydrazine groups is 1. The van der Waals surface area contributed by atoms with Gasteiger partial charge in [-0.05, 0) is 37.0 Å². The highest BCUT2D eigenvalue weighted by Crippen LogP contribution is 2.35. The number of ether oxygens (including phenoxy) is 1. The number of nitrogens with two attached hydrogens (primary N) is 1. The van der Waals surface area contributed by atoms with Crippen molar-refractivity contribution in [1.82, 2.24) is 5.43 Å². The highest BCUT2D eigenvalue weighted by atomic mass is 35.5. The first-order valence-electron chi connectivity index (χ1n) is 7.06. The van der Waals surface area contributed by atoms with Gasteiger partial charge in [-0.25, -0.2) is 4.39 Å².